The van der Waals surface area contributed by atoms with Gasteiger partial charge in [0.15, 0.2) is 6.10 Å². The van der Waals surface area contributed by atoms with Gasteiger partial charge in [-0.3, -0.25) is 14.4 Å². The fourth-order valence-corrected chi connectivity index (χ4v) is 9.42. The van der Waals surface area contributed by atoms with Crippen LogP contribution in [0.15, 0.2) is 0 Å². The molecule has 0 amide bonds. The maximum atomic E-state index is 12.9. The minimum Gasteiger partial charge on any atom is -0.462 e. The van der Waals surface area contributed by atoms with Crippen LogP contribution in [0.4, 0.5) is 0 Å². The molecule has 67 heavy (non-hydrogen) atoms. The fourth-order valence-electron chi connectivity index (χ4n) is 9.42. The number of unbranched alkanes of at least 4 members (excludes halogenated alkanes) is 42. The van der Waals surface area contributed by atoms with Crippen LogP contribution < -0.4 is 0 Å². The lowest BCUT2D eigenvalue weighted by Gasteiger charge is -2.18. The number of carbonyl (C=O) groups is 3. The van der Waals surface area contributed by atoms with Gasteiger partial charge in [-0.25, -0.2) is 0 Å². The van der Waals surface area contributed by atoms with Crippen molar-refractivity contribution in [2.24, 2.45) is 5.92 Å². The summed E-state index contributed by atoms with van der Waals surface area (Å²) in [6.45, 7) is 9.11. The molecule has 0 bridgehead atoms. The molecule has 0 aromatic rings. The summed E-state index contributed by atoms with van der Waals surface area (Å²) in [6.07, 6.45) is 60.9. The van der Waals surface area contributed by atoms with Crippen molar-refractivity contribution in [3.8, 4) is 0 Å². The predicted molar refractivity (Wildman–Crippen MR) is 289 cm³/mol. The Labute approximate surface area is 418 Å². The second-order valence-electron chi connectivity index (χ2n) is 21.2. The lowest BCUT2D eigenvalue weighted by atomic mass is 9.99. The lowest BCUT2D eigenvalue weighted by Crippen LogP contribution is -2.30. The molecule has 0 fully saturated rings. The molecule has 0 aliphatic rings. The van der Waals surface area contributed by atoms with E-state index in [1.165, 1.54) is 244 Å². The standard InChI is InChI=1S/C61H118O6/c1-5-8-10-12-14-16-18-19-20-26-30-34-38-42-46-50-54-61(64)67-58(55-65-59(62)52-48-44-40-36-31-17-15-13-11-9-6-2)56-66-60(63)53-49-45-41-37-33-29-27-24-22-21-23-25-28-32-35-39-43-47-51-57(4)7-3/h57-58H,5-56H2,1-4H3/t57?,58-/m1/s1. The first-order valence-electron chi connectivity index (χ1n) is 30.4. The third kappa shape index (κ3) is 53.6. The summed E-state index contributed by atoms with van der Waals surface area (Å²) in [5.74, 6) is 0.0770. The average molecular weight is 948 g/mol. The summed E-state index contributed by atoms with van der Waals surface area (Å²) in [6, 6.07) is 0. The first-order chi connectivity index (χ1) is 32.9. The van der Waals surface area contributed by atoms with Crippen LogP contribution >= 0.6 is 0 Å². The molecule has 0 N–H and O–H groups in total. The number of hydrogen-bond acceptors (Lipinski definition) is 6. The zero-order chi connectivity index (χ0) is 48.8. The molecule has 0 rings (SSSR count). The summed E-state index contributed by atoms with van der Waals surface area (Å²) < 4.78 is 16.9. The molecule has 0 saturated heterocycles. The minimum absolute atomic E-state index is 0.0615. The minimum atomic E-state index is -0.761. The second kappa shape index (κ2) is 55.3. The van der Waals surface area contributed by atoms with Gasteiger partial charge in [-0.15, -0.1) is 0 Å². The average Bonchev–Trinajstić information content (AvgIpc) is 3.33. The maximum absolute atomic E-state index is 12.9. The Hall–Kier alpha value is -1.59. The second-order valence-corrected chi connectivity index (χ2v) is 21.2. The van der Waals surface area contributed by atoms with Crippen molar-refractivity contribution < 1.29 is 28.6 Å². The maximum Gasteiger partial charge on any atom is 0.306 e. The first kappa shape index (κ1) is 65.4. The van der Waals surface area contributed by atoms with Gasteiger partial charge in [0.25, 0.3) is 0 Å². The monoisotopic (exact) mass is 947 g/mol. The number of ether oxygens (including phenoxy) is 3. The van der Waals surface area contributed by atoms with Gasteiger partial charge in [-0.05, 0) is 25.2 Å². The van der Waals surface area contributed by atoms with E-state index in [0.29, 0.717) is 19.3 Å². The van der Waals surface area contributed by atoms with Crippen LogP contribution in [0, 0.1) is 5.92 Å². The highest BCUT2D eigenvalue weighted by Gasteiger charge is 2.19. The highest BCUT2D eigenvalue weighted by Crippen LogP contribution is 2.19. The number of hydrogen-bond donors (Lipinski definition) is 0. The molecule has 0 radical (unpaired) electrons. The molecule has 6 nitrogen and oxygen atoms in total. The quantitative estimate of drug-likeness (QED) is 0.0343. The third-order valence-electron chi connectivity index (χ3n) is 14.4. The fraction of sp³-hybridized carbons (Fsp3) is 0.951. The van der Waals surface area contributed by atoms with Crippen molar-refractivity contribution in [1.82, 2.24) is 0 Å². The molecule has 0 heterocycles. The molecule has 2 atom stereocenters. The largest absolute Gasteiger partial charge is 0.462 e. The van der Waals surface area contributed by atoms with Crippen LogP contribution in [0.25, 0.3) is 0 Å². The van der Waals surface area contributed by atoms with Crippen molar-refractivity contribution in [3.63, 3.8) is 0 Å². The van der Waals surface area contributed by atoms with Crippen LogP contribution in [0.2, 0.25) is 0 Å². The van der Waals surface area contributed by atoms with Gasteiger partial charge in [-0.2, -0.15) is 0 Å². The van der Waals surface area contributed by atoms with Gasteiger partial charge in [0.1, 0.15) is 13.2 Å². The Morgan fingerprint density at radius 3 is 0.776 bits per heavy atom. The van der Waals surface area contributed by atoms with Gasteiger partial charge in [0, 0.05) is 19.3 Å². The van der Waals surface area contributed by atoms with Crippen LogP contribution in [0.1, 0.15) is 349 Å². The van der Waals surface area contributed by atoms with E-state index in [-0.39, 0.29) is 31.1 Å². The van der Waals surface area contributed by atoms with E-state index in [2.05, 4.69) is 27.7 Å². The summed E-state index contributed by atoms with van der Waals surface area (Å²) in [7, 11) is 0. The van der Waals surface area contributed by atoms with Gasteiger partial charge in [0.2, 0.25) is 0 Å². The normalized spacial score (nSPS) is 12.4. The summed E-state index contributed by atoms with van der Waals surface area (Å²) in [4.78, 5) is 38.1. The molecule has 0 aliphatic carbocycles. The third-order valence-corrected chi connectivity index (χ3v) is 14.4. The van der Waals surface area contributed by atoms with E-state index in [9.17, 15) is 14.4 Å². The highest BCUT2D eigenvalue weighted by atomic mass is 16.6. The SMILES string of the molecule is CCCCCCCCCCCCCCCCCCC(=O)O[C@H](COC(=O)CCCCCCCCCCCCC)COC(=O)CCCCCCCCCCCCCCCCCCCCC(C)CC. The Morgan fingerprint density at radius 2 is 0.522 bits per heavy atom. The molecule has 0 aromatic carbocycles. The molecule has 0 saturated carbocycles. The summed E-state index contributed by atoms with van der Waals surface area (Å²) in [5, 5.41) is 0. The zero-order valence-corrected chi connectivity index (χ0v) is 45.9. The van der Waals surface area contributed by atoms with E-state index in [1.807, 2.05) is 0 Å². The number of rotatable bonds is 56. The first-order valence-corrected chi connectivity index (χ1v) is 30.4. The Kier molecular flexibility index (Phi) is 54.0. The Balaban J connectivity index is 4.21. The molecule has 1 unspecified atom stereocenters. The van der Waals surface area contributed by atoms with Crippen molar-refractivity contribution in [2.45, 2.75) is 355 Å². The van der Waals surface area contributed by atoms with Crippen molar-refractivity contribution in [2.75, 3.05) is 13.2 Å². The Bertz CT molecular complexity index is 1010. The van der Waals surface area contributed by atoms with E-state index >= 15 is 0 Å². The lowest BCUT2D eigenvalue weighted by molar-refractivity contribution is -0.167. The van der Waals surface area contributed by atoms with Crippen LogP contribution in [-0.2, 0) is 28.6 Å². The van der Waals surface area contributed by atoms with Crippen molar-refractivity contribution >= 4 is 17.9 Å². The zero-order valence-electron chi connectivity index (χ0n) is 45.9. The van der Waals surface area contributed by atoms with Gasteiger partial charge in [-0.1, -0.05) is 310 Å². The number of esters is 3. The molecule has 398 valence electrons. The Morgan fingerprint density at radius 1 is 0.299 bits per heavy atom. The summed E-state index contributed by atoms with van der Waals surface area (Å²) in [5.41, 5.74) is 0. The molecule has 0 spiro atoms. The molecule has 0 aromatic heterocycles. The van der Waals surface area contributed by atoms with Gasteiger partial charge in [0.05, 0.1) is 0 Å². The van der Waals surface area contributed by atoms with Gasteiger partial charge >= 0.3 is 17.9 Å². The molecular weight excluding hydrogens is 829 g/mol. The van der Waals surface area contributed by atoms with E-state index < -0.39 is 6.10 Å². The van der Waals surface area contributed by atoms with Crippen molar-refractivity contribution in [1.29, 1.82) is 0 Å². The smallest absolute Gasteiger partial charge is 0.306 e. The van der Waals surface area contributed by atoms with Crippen LogP contribution in [0.5, 0.6) is 0 Å². The predicted octanol–water partition coefficient (Wildman–Crippen LogP) is 20.2. The van der Waals surface area contributed by atoms with E-state index in [4.69, 9.17) is 14.2 Å². The van der Waals surface area contributed by atoms with Crippen LogP contribution in [-0.4, -0.2) is 37.2 Å². The van der Waals surface area contributed by atoms with Crippen LogP contribution in [0.3, 0.4) is 0 Å². The van der Waals surface area contributed by atoms with Gasteiger partial charge < -0.3 is 14.2 Å². The molecule has 0 aliphatic heterocycles. The highest BCUT2D eigenvalue weighted by molar-refractivity contribution is 5.71. The summed E-state index contributed by atoms with van der Waals surface area (Å²) >= 11 is 0. The molecular formula is C61H118O6. The number of carbonyl (C=O) groups excluding carboxylic acids is 3. The topological polar surface area (TPSA) is 78.9 Å². The molecule has 6 heteroatoms. The van der Waals surface area contributed by atoms with E-state index in [1.54, 1.807) is 0 Å². The van der Waals surface area contributed by atoms with Crippen molar-refractivity contribution in [3.05, 3.63) is 0 Å². The van der Waals surface area contributed by atoms with E-state index in [0.717, 1.165) is 63.7 Å².